The first-order valence-corrected chi connectivity index (χ1v) is 6.23. The number of hydrogen-bond acceptors (Lipinski definition) is 7. The Labute approximate surface area is 111 Å². The Morgan fingerprint density at radius 2 is 2.11 bits per heavy atom. The molecule has 1 amide bonds. The topological polar surface area (TPSA) is 136 Å². The van der Waals surface area contributed by atoms with Crippen LogP contribution in [0.3, 0.4) is 0 Å². The summed E-state index contributed by atoms with van der Waals surface area (Å²) in [5.74, 6) is 6.87. The number of aromatic nitrogens is 2. The third kappa shape index (κ3) is 3.44. The fourth-order valence-corrected chi connectivity index (χ4v) is 2.34. The number of carbonyl (C=O) groups excluding carboxylic acids is 1. The van der Waals surface area contributed by atoms with Crippen molar-refractivity contribution in [2.45, 2.75) is 19.3 Å². The summed E-state index contributed by atoms with van der Waals surface area (Å²) in [4.78, 5) is 21.1. The van der Waals surface area contributed by atoms with Crippen LogP contribution in [0.25, 0.3) is 0 Å². The van der Waals surface area contributed by atoms with Crippen LogP contribution in [0.5, 0.6) is 0 Å². The molecular weight excluding hydrogens is 246 g/mol. The van der Waals surface area contributed by atoms with E-state index in [1.165, 1.54) is 0 Å². The Morgan fingerprint density at radius 1 is 1.42 bits per heavy atom. The molecule has 2 heterocycles. The minimum Gasteiger partial charge on any atom is -0.370 e. The number of hydrogen-bond donors (Lipinski definition) is 4. The van der Waals surface area contributed by atoms with Gasteiger partial charge in [0.15, 0.2) is 0 Å². The van der Waals surface area contributed by atoms with Gasteiger partial charge < -0.3 is 21.8 Å². The zero-order valence-corrected chi connectivity index (χ0v) is 10.7. The number of primary amides is 1. The average Bonchev–Trinajstić information content (AvgIpc) is 2.38. The molecule has 1 saturated heterocycles. The molecular formula is C11H19N7O. The van der Waals surface area contributed by atoms with E-state index in [1.807, 2.05) is 0 Å². The molecule has 1 fully saturated rings. The standard InChI is InChI=1S/C11H19N7O/c12-8(19)5-7-1-3-18(4-2-7)10-6-9(17-14)15-11(13)16-10/h6-7H,1-5,14H2,(H2,12,19)(H3,13,15,16,17). The highest BCUT2D eigenvalue weighted by Gasteiger charge is 2.22. The summed E-state index contributed by atoms with van der Waals surface area (Å²) in [5, 5.41) is 0. The SMILES string of the molecule is NNc1cc(N2CCC(CC(N)=O)CC2)nc(N)n1. The third-order valence-electron chi connectivity index (χ3n) is 3.31. The van der Waals surface area contributed by atoms with Crippen LogP contribution in [0.4, 0.5) is 17.6 Å². The third-order valence-corrected chi connectivity index (χ3v) is 3.31. The van der Waals surface area contributed by atoms with Crippen molar-refractivity contribution in [1.29, 1.82) is 0 Å². The quantitative estimate of drug-likeness (QED) is 0.423. The monoisotopic (exact) mass is 265 g/mol. The molecule has 1 aromatic rings. The van der Waals surface area contributed by atoms with Gasteiger partial charge in [-0.2, -0.15) is 9.97 Å². The van der Waals surface area contributed by atoms with Crippen LogP contribution in [0, 0.1) is 5.92 Å². The highest BCUT2D eigenvalue weighted by Crippen LogP contribution is 2.25. The van der Waals surface area contributed by atoms with E-state index in [4.69, 9.17) is 17.3 Å². The molecule has 7 N–H and O–H groups in total. The number of nitrogens with two attached hydrogens (primary N) is 3. The van der Waals surface area contributed by atoms with Gasteiger partial charge in [-0.1, -0.05) is 0 Å². The van der Waals surface area contributed by atoms with Crippen LogP contribution in [0.15, 0.2) is 6.07 Å². The maximum atomic E-state index is 10.9. The van der Waals surface area contributed by atoms with Crippen LogP contribution in [-0.2, 0) is 4.79 Å². The van der Waals surface area contributed by atoms with Crippen molar-refractivity contribution >= 4 is 23.5 Å². The van der Waals surface area contributed by atoms with Crippen molar-refractivity contribution in [2.24, 2.45) is 17.5 Å². The Hall–Kier alpha value is -2.09. The molecule has 0 radical (unpaired) electrons. The normalized spacial score (nSPS) is 16.4. The summed E-state index contributed by atoms with van der Waals surface area (Å²) in [6.07, 6.45) is 2.28. The Bertz CT molecular complexity index is 456. The molecule has 19 heavy (non-hydrogen) atoms. The maximum absolute atomic E-state index is 10.9. The molecule has 104 valence electrons. The molecule has 0 aliphatic carbocycles. The summed E-state index contributed by atoms with van der Waals surface area (Å²) < 4.78 is 0. The number of anilines is 3. The van der Waals surface area contributed by atoms with Crippen LogP contribution >= 0.6 is 0 Å². The number of amides is 1. The first-order chi connectivity index (χ1) is 9.08. The molecule has 0 atom stereocenters. The Balaban J connectivity index is 2.01. The largest absolute Gasteiger partial charge is 0.370 e. The summed E-state index contributed by atoms with van der Waals surface area (Å²) >= 11 is 0. The zero-order valence-electron chi connectivity index (χ0n) is 10.7. The molecule has 2 rings (SSSR count). The lowest BCUT2D eigenvalue weighted by Gasteiger charge is -2.32. The second kappa shape index (κ2) is 5.70. The fraction of sp³-hybridized carbons (Fsp3) is 0.545. The number of hydrazine groups is 1. The molecule has 1 aliphatic rings. The molecule has 0 aromatic carbocycles. The first-order valence-electron chi connectivity index (χ1n) is 6.23. The lowest BCUT2D eigenvalue weighted by atomic mass is 9.93. The van der Waals surface area contributed by atoms with Gasteiger partial charge in [-0.3, -0.25) is 4.79 Å². The highest BCUT2D eigenvalue weighted by atomic mass is 16.1. The second-order valence-electron chi connectivity index (χ2n) is 4.71. The number of nitrogens with zero attached hydrogens (tertiary/aromatic N) is 3. The van der Waals surface area contributed by atoms with Crippen molar-refractivity contribution in [3.63, 3.8) is 0 Å². The van der Waals surface area contributed by atoms with Crippen LogP contribution in [-0.4, -0.2) is 29.0 Å². The van der Waals surface area contributed by atoms with E-state index in [2.05, 4.69) is 20.3 Å². The Morgan fingerprint density at radius 3 is 2.68 bits per heavy atom. The second-order valence-corrected chi connectivity index (χ2v) is 4.71. The van der Waals surface area contributed by atoms with Gasteiger partial charge in [0.25, 0.3) is 0 Å². The van der Waals surface area contributed by atoms with E-state index in [0.717, 1.165) is 31.7 Å². The van der Waals surface area contributed by atoms with Crippen molar-refractivity contribution in [3.8, 4) is 0 Å². The van der Waals surface area contributed by atoms with Crippen molar-refractivity contribution in [2.75, 3.05) is 29.1 Å². The molecule has 8 nitrogen and oxygen atoms in total. The molecule has 8 heteroatoms. The number of nitrogen functional groups attached to an aromatic ring is 2. The molecule has 0 unspecified atom stereocenters. The van der Waals surface area contributed by atoms with E-state index in [-0.39, 0.29) is 11.9 Å². The van der Waals surface area contributed by atoms with Crippen LogP contribution in [0.1, 0.15) is 19.3 Å². The van der Waals surface area contributed by atoms with E-state index >= 15 is 0 Å². The lowest BCUT2D eigenvalue weighted by molar-refractivity contribution is -0.119. The average molecular weight is 265 g/mol. The van der Waals surface area contributed by atoms with Gasteiger partial charge >= 0.3 is 0 Å². The maximum Gasteiger partial charge on any atom is 0.223 e. The van der Waals surface area contributed by atoms with Gasteiger partial charge in [-0.05, 0) is 18.8 Å². The van der Waals surface area contributed by atoms with E-state index in [1.54, 1.807) is 6.07 Å². The molecule has 0 saturated carbocycles. The van der Waals surface area contributed by atoms with Crippen LogP contribution < -0.4 is 27.6 Å². The van der Waals surface area contributed by atoms with Crippen molar-refractivity contribution < 1.29 is 4.79 Å². The van der Waals surface area contributed by atoms with Gasteiger partial charge in [0.1, 0.15) is 11.6 Å². The summed E-state index contributed by atoms with van der Waals surface area (Å²) in [6, 6.07) is 1.75. The zero-order chi connectivity index (χ0) is 13.8. The molecule has 0 bridgehead atoms. The van der Waals surface area contributed by atoms with Gasteiger partial charge in [-0.15, -0.1) is 0 Å². The Kier molecular flexibility index (Phi) is 4.00. The summed E-state index contributed by atoms with van der Waals surface area (Å²) in [6.45, 7) is 1.64. The molecule has 0 spiro atoms. The van der Waals surface area contributed by atoms with E-state index < -0.39 is 0 Å². The van der Waals surface area contributed by atoms with Crippen molar-refractivity contribution in [3.05, 3.63) is 6.07 Å². The van der Waals surface area contributed by atoms with Gasteiger partial charge in [-0.25, -0.2) is 5.84 Å². The predicted molar refractivity (Wildman–Crippen MR) is 73.0 cm³/mol. The van der Waals surface area contributed by atoms with Gasteiger partial charge in [0.2, 0.25) is 11.9 Å². The smallest absolute Gasteiger partial charge is 0.223 e. The lowest BCUT2D eigenvalue weighted by Crippen LogP contribution is -2.35. The van der Waals surface area contributed by atoms with Crippen LogP contribution in [0.2, 0.25) is 0 Å². The minimum atomic E-state index is -0.237. The first kappa shape index (κ1) is 13.3. The van der Waals surface area contributed by atoms with E-state index in [9.17, 15) is 4.79 Å². The number of piperidine rings is 1. The number of nitrogens with one attached hydrogen (secondary N) is 1. The van der Waals surface area contributed by atoms with Crippen molar-refractivity contribution in [1.82, 2.24) is 9.97 Å². The molecule has 1 aromatic heterocycles. The summed E-state index contributed by atoms with van der Waals surface area (Å²) in [7, 11) is 0. The highest BCUT2D eigenvalue weighted by molar-refractivity contribution is 5.74. The van der Waals surface area contributed by atoms with Gasteiger partial charge in [0, 0.05) is 25.6 Å². The molecule has 1 aliphatic heterocycles. The fourth-order valence-electron chi connectivity index (χ4n) is 2.34. The van der Waals surface area contributed by atoms with E-state index in [0.29, 0.717) is 18.2 Å². The van der Waals surface area contributed by atoms with Gasteiger partial charge in [0.05, 0.1) is 0 Å². The summed E-state index contributed by atoms with van der Waals surface area (Å²) in [5.41, 5.74) is 13.3. The predicted octanol–water partition coefficient (Wildman–Crippen LogP) is -0.564. The number of carbonyl (C=O) groups is 1. The number of rotatable bonds is 4. The minimum absolute atomic E-state index is 0.185.